The molecule has 1 fully saturated rings. The van der Waals surface area contributed by atoms with Gasteiger partial charge in [-0.05, 0) is 24.3 Å². The van der Waals surface area contributed by atoms with Crippen LogP contribution in [-0.2, 0) is 5.54 Å². The third-order valence-corrected chi connectivity index (χ3v) is 6.94. The SMILES string of the molecule is Cl.[C-]#[N+]c1ccc(C(=O)Nc2ccc(F)c([C@]34CN(c5ncc(F)cn5)C[C@H]3CSC(N)=N4)c2)nc1. The second-order valence-corrected chi connectivity index (χ2v) is 9.17. The molecule has 5 rings (SSSR count). The Bertz CT molecular complexity index is 1370. The lowest BCUT2D eigenvalue weighted by Gasteiger charge is -2.35. The fraction of sp³-hybridized carbons (Fsp3) is 0.217. The number of nitrogens with zero attached hydrogens (tertiary/aromatic N) is 6. The van der Waals surface area contributed by atoms with Crippen LogP contribution in [-0.4, -0.2) is 44.9 Å². The molecule has 4 heterocycles. The second kappa shape index (κ2) is 10.0. The Balaban J connectivity index is 0.00000304. The Morgan fingerprint density at radius 3 is 2.67 bits per heavy atom. The summed E-state index contributed by atoms with van der Waals surface area (Å²) in [6.07, 6.45) is 3.47. The van der Waals surface area contributed by atoms with Crippen LogP contribution < -0.4 is 16.0 Å². The van der Waals surface area contributed by atoms with E-state index in [2.05, 4.69) is 25.1 Å². The van der Waals surface area contributed by atoms with Gasteiger partial charge in [0.25, 0.3) is 5.91 Å². The number of aliphatic imine (C=N–C) groups is 1. The number of hydrogen-bond acceptors (Lipinski definition) is 8. The summed E-state index contributed by atoms with van der Waals surface area (Å²) in [5, 5.41) is 3.06. The van der Waals surface area contributed by atoms with Gasteiger partial charge in [-0.15, -0.1) is 12.4 Å². The number of fused-ring (bicyclic) bond motifs is 1. The second-order valence-electron chi connectivity index (χ2n) is 8.13. The molecule has 2 aliphatic rings. The van der Waals surface area contributed by atoms with Gasteiger partial charge in [0.1, 0.15) is 17.1 Å². The number of carbonyl (C=O) groups excluding carboxylic acids is 1. The van der Waals surface area contributed by atoms with Crippen molar-refractivity contribution in [3.63, 3.8) is 0 Å². The monoisotopic (exact) mass is 528 g/mol. The Morgan fingerprint density at radius 1 is 1.19 bits per heavy atom. The average Bonchev–Trinajstić information content (AvgIpc) is 3.25. The van der Waals surface area contributed by atoms with Crippen LogP contribution in [0.4, 0.5) is 26.1 Å². The maximum atomic E-state index is 15.3. The van der Waals surface area contributed by atoms with Crippen molar-refractivity contribution in [3.8, 4) is 0 Å². The first kappa shape index (κ1) is 25.3. The van der Waals surface area contributed by atoms with Gasteiger partial charge in [0, 0.05) is 35.7 Å². The number of benzene rings is 1. The van der Waals surface area contributed by atoms with Crippen molar-refractivity contribution in [1.82, 2.24) is 15.0 Å². The largest absolute Gasteiger partial charge is 0.379 e. The molecular formula is C23H19ClF2N8OS. The first-order valence-corrected chi connectivity index (χ1v) is 11.5. The Morgan fingerprint density at radius 2 is 1.97 bits per heavy atom. The van der Waals surface area contributed by atoms with Gasteiger partial charge in [-0.2, -0.15) is 0 Å². The normalized spacial score (nSPS) is 20.5. The number of anilines is 2. The molecule has 0 unspecified atom stereocenters. The van der Waals surface area contributed by atoms with Crippen LogP contribution in [0, 0.1) is 24.1 Å². The van der Waals surface area contributed by atoms with Crippen LogP contribution in [0.2, 0.25) is 0 Å². The fourth-order valence-electron chi connectivity index (χ4n) is 4.34. The van der Waals surface area contributed by atoms with Crippen molar-refractivity contribution in [2.45, 2.75) is 5.54 Å². The summed E-state index contributed by atoms with van der Waals surface area (Å²) in [5.41, 5.74) is 6.12. The number of pyridine rings is 1. The van der Waals surface area contributed by atoms with Crippen LogP contribution >= 0.6 is 24.2 Å². The lowest BCUT2D eigenvalue weighted by Crippen LogP contribution is -2.40. The molecule has 9 nitrogen and oxygen atoms in total. The molecule has 0 radical (unpaired) electrons. The molecule has 36 heavy (non-hydrogen) atoms. The predicted molar refractivity (Wildman–Crippen MR) is 136 cm³/mol. The van der Waals surface area contributed by atoms with Gasteiger partial charge in [-0.25, -0.2) is 28.6 Å². The summed E-state index contributed by atoms with van der Waals surface area (Å²) in [7, 11) is 0. The van der Waals surface area contributed by atoms with E-state index >= 15 is 4.39 Å². The van der Waals surface area contributed by atoms with Gasteiger partial charge >= 0.3 is 0 Å². The van der Waals surface area contributed by atoms with E-state index < -0.39 is 23.1 Å². The van der Waals surface area contributed by atoms with Crippen molar-refractivity contribution >= 4 is 52.6 Å². The van der Waals surface area contributed by atoms with E-state index in [1.54, 1.807) is 6.07 Å². The number of thioether (sulfide) groups is 1. The third-order valence-electron chi connectivity index (χ3n) is 5.98. The standard InChI is InChI=1S/C23H18F2N8OS.ClH/c1-27-16-3-5-19(28-9-16)20(34)31-15-2-4-18(25)17(6-15)23-12-33(22-29-7-14(24)8-30-22)10-13(23)11-35-21(26)32-23;/h2-9,13H,10-12H2,(H2,26,32)(H,31,34);1H/t13-,23-;/m0./s1. The average molecular weight is 529 g/mol. The van der Waals surface area contributed by atoms with Gasteiger partial charge < -0.3 is 16.0 Å². The van der Waals surface area contributed by atoms with Gasteiger partial charge in [0.05, 0.1) is 25.5 Å². The molecule has 1 aromatic carbocycles. The fourth-order valence-corrected chi connectivity index (χ4v) is 5.32. The first-order chi connectivity index (χ1) is 16.9. The number of amidine groups is 1. The molecule has 2 aliphatic heterocycles. The molecule has 3 aromatic rings. The van der Waals surface area contributed by atoms with Crippen molar-refractivity contribution in [3.05, 3.63) is 83.2 Å². The molecule has 0 saturated carbocycles. The molecule has 0 bridgehead atoms. The molecule has 2 aromatic heterocycles. The number of aromatic nitrogens is 3. The topological polar surface area (TPSA) is 114 Å². The number of nitrogens with one attached hydrogen (secondary N) is 1. The summed E-state index contributed by atoms with van der Waals surface area (Å²) >= 11 is 1.39. The summed E-state index contributed by atoms with van der Waals surface area (Å²) in [6, 6.07) is 7.22. The van der Waals surface area contributed by atoms with Crippen LogP contribution in [0.3, 0.4) is 0 Å². The van der Waals surface area contributed by atoms with Crippen LogP contribution in [0.25, 0.3) is 4.85 Å². The maximum Gasteiger partial charge on any atom is 0.274 e. The lowest BCUT2D eigenvalue weighted by molar-refractivity contribution is 0.102. The number of halogens is 3. The van der Waals surface area contributed by atoms with Gasteiger partial charge in [-0.3, -0.25) is 9.78 Å². The highest BCUT2D eigenvalue weighted by molar-refractivity contribution is 8.13. The molecule has 3 N–H and O–H groups in total. The van der Waals surface area contributed by atoms with E-state index in [-0.39, 0.29) is 36.1 Å². The summed E-state index contributed by atoms with van der Waals surface area (Å²) in [4.78, 5) is 34.6. The minimum absolute atomic E-state index is 0. The highest BCUT2D eigenvalue weighted by Crippen LogP contribution is 2.47. The number of hydrogen-bond donors (Lipinski definition) is 2. The predicted octanol–water partition coefficient (Wildman–Crippen LogP) is 3.77. The third kappa shape index (κ3) is 4.67. The van der Waals surface area contributed by atoms with E-state index in [0.29, 0.717) is 34.8 Å². The number of rotatable bonds is 4. The van der Waals surface area contributed by atoms with E-state index in [1.807, 2.05) is 4.90 Å². The van der Waals surface area contributed by atoms with Crippen molar-refractivity contribution in [2.24, 2.45) is 16.6 Å². The van der Waals surface area contributed by atoms with E-state index in [0.717, 1.165) is 12.4 Å². The molecule has 1 saturated heterocycles. The Kier molecular flexibility index (Phi) is 7.05. The zero-order chi connectivity index (χ0) is 24.6. The maximum absolute atomic E-state index is 15.3. The zero-order valence-electron chi connectivity index (χ0n) is 18.6. The molecule has 0 aliphatic carbocycles. The lowest BCUT2D eigenvalue weighted by atomic mass is 9.81. The van der Waals surface area contributed by atoms with Crippen LogP contribution in [0.5, 0.6) is 0 Å². The smallest absolute Gasteiger partial charge is 0.274 e. The Labute approximate surface area is 215 Å². The highest BCUT2D eigenvalue weighted by Gasteiger charge is 2.52. The Hall–Kier alpha value is -3.82. The summed E-state index contributed by atoms with van der Waals surface area (Å²) in [5.74, 6) is -0.749. The van der Waals surface area contributed by atoms with Gasteiger partial charge in [0.2, 0.25) is 11.6 Å². The zero-order valence-corrected chi connectivity index (χ0v) is 20.2. The van der Waals surface area contributed by atoms with Crippen LogP contribution in [0.1, 0.15) is 16.1 Å². The molecular weight excluding hydrogens is 510 g/mol. The minimum Gasteiger partial charge on any atom is -0.379 e. The van der Waals surface area contributed by atoms with Crippen molar-refractivity contribution in [2.75, 3.05) is 29.1 Å². The summed E-state index contributed by atoms with van der Waals surface area (Å²) in [6.45, 7) is 7.70. The van der Waals surface area contributed by atoms with Gasteiger partial charge in [-0.1, -0.05) is 17.8 Å². The number of nitrogens with two attached hydrogens (primary N) is 1. The summed E-state index contributed by atoms with van der Waals surface area (Å²) < 4.78 is 28.6. The quantitative estimate of drug-likeness (QED) is 0.495. The molecule has 2 atom stereocenters. The number of carbonyl (C=O) groups is 1. The first-order valence-electron chi connectivity index (χ1n) is 10.5. The highest BCUT2D eigenvalue weighted by atomic mass is 35.5. The van der Waals surface area contributed by atoms with Crippen molar-refractivity contribution < 1.29 is 13.6 Å². The molecule has 1 amide bonds. The van der Waals surface area contributed by atoms with E-state index in [1.165, 1.54) is 42.2 Å². The van der Waals surface area contributed by atoms with E-state index in [4.69, 9.17) is 17.3 Å². The minimum atomic E-state index is -1.03. The van der Waals surface area contributed by atoms with Crippen molar-refractivity contribution in [1.29, 1.82) is 0 Å². The van der Waals surface area contributed by atoms with Crippen LogP contribution in [0.15, 0.2) is 53.9 Å². The van der Waals surface area contributed by atoms with Gasteiger partial charge in [0.15, 0.2) is 11.0 Å². The number of amides is 1. The van der Waals surface area contributed by atoms with E-state index in [9.17, 15) is 9.18 Å². The molecule has 184 valence electrons. The molecule has 0 spiro atoms. The molecule has 13 heteroatoms.